The molecule has 1 heterocycles. The van der Waals surface area contributed by atoms with Crippen molar-refractivity contribution in [2.45, 2.75) is 27.2 Å². The Balaban J connectivity index is 3.07. The third-order valence-electron chi connectivity index (χ3n) is 1.98. The number of aromatic nitrogens is 1. The summed E-state index contributed by atoms with van der Waals surface area (Å²) in [6.45, 7) is 5.64. The molecule has 0 spiro atoms. The van der Waals surface area contributed by atoms with Crippen molar-refractivity contribution in [3.05, 3.63) is 22.6 Å². The molecule has 0 saturated carbocycles. The van der Waals surface area contributed by atoms with Crippen LogP contribution in [0.4, 0.5) is 0 Å². The number of hydrogen-bond donors (Lipinski definition) is 0. The Morgan fingerprint density at radius 3 is 2.62 bits per heavy atom. The maximum absolute atomic E-state index is 10.6. The van der Waals surface area contributed by atoms with Gasteiger partial charge in [0.25, 0.3) is 0 Å². The molecule has 3 heteroatoms. The topological polar surface area (TPSA) is 43.1 Å². The molecule has 0 radical (unpaired) electrons. The van der Waals surface area contributed by atoms with Gasteiger partial charge in [-0.1, -0.05) is 12.1 Å². The van der Waals surface area contributed by atoms with E-state index >= 15 is 0 Å². The fourth-order valence-corrected chi connectivity index (χ4v) is 1.10. The quantitative estimate of drug-likeness (QED) is 0.528. The zero-order valence-electron chi connectivity index (χ0n) is 8.13. The van der Waals surface area contributed by atoms with Gasteiger partial charge in [0.15, 0.2) is 0 Å². The summed E-state index contributed by atoms with van der Waals surface area (Å²) in [5.74, 6) is 0.755. The van der Waals surface area contributed by atoms with Gasteiger partial charge in [0.1, 0.15) is 12.0 Å². The second-order valence-electron chi connectivity index (χ2n) is 2.93. The Hall–Kier alpha value is -1.38. The number of aryl methyl sites for hydroxylation is 2. The van der Waals surface area contributed by atoms with Gasteiger partial charge >= 0.3 is 0 Å². The summed E-state index contributed by atoms with van der Waals surface area (Å²) in [6.07, 6.45) is 3.42. The van der Waals surface area contributed by atoms with E-state index in [4.69, 9.17) is 4.52 Å². The fourth-order valence-electron chi connectivity index (χ4n) is 1.10. The molecule has 1 aromatic heterocycles. The first-order chi connectivity index (χ1) is 6.19. The number of allylic oxidation sites excluding steroid dienone is 1. The Labute approximate surface area is 77.4 Å². The van der Waals surface area contributed by atoms with Crippen molar-refractivity contribution in [2.24, 2.45) is 0 Å². The van der Waals surface area contributed by atoms with Crippen LogP contribution in [0.5, 0.6) is 0 Å². The lowest BCUT2D eigenvalue weighted by atomic mass is 10.1. The minimum Gasteiger partial charge on any atom is -0.361 e. The van der Waals surface area contributed by atoms with Crippen molar-refractivity contribution in [3.63, 3.8) is 0 Å². The number of carbonyl (C=O) groups excluding carboxylic acids is 1. The molecule has 0 fully saturated rings. The van der Waals surface area contributed by atoms with Crippen LogP contribution in [0.15, 0.2) is 10.1 Å². The Morgan fingerprint density at radius 1 is 1.54 bits per heavy atom. The molecule has 3 nitrogen and oxygen atoms in total. The van der Waals surface area contributed by atoms with Crippen LogP contribution < -0.4 is 0 Å². The van der Waals surface area contributed by atoms with Crippen LogP contribution in [0.2, 0.25) is 0 Å². The highest BCUT2D eigenvalue weighted by atomic mass is 16.5. The van der Waals surface area contributed by atoms with Crippen LogP contribution in [-0.2, 0) is 4.79 Å². The summed E-state index contributed by atoms with van der Waals surface area (Å²) in [5, 5.41) is 3.80. The molecular weight excluding hydrogens is 166 g/mol. The van der Waals surface area contributed by atoms with E-state index in [1.807, 2.05) is 26.8 Å². The molecule has 0 aliphatic heterocycles. The summed E-state index contributed by atoms with van der Waals surface area (Å²) < 4.78 is 4.97. The van der Waals surface area contributed by atoms with Gasteiger partial charge in [-0.25, -0.2) is 0 Å². The lowest BCUT2D eigenvalue weighted by molar-refractivity contribution is -0.104. The highest BCUT2D eigenvalue weighted by Gasteiger charge is 2.06. The van der Waals surface area contributed by atoms with Crippen LogP contribution in [0, 0.1) is 13.8 Å². The predicted molar refractivity (Wildman–Crippen MR) is 50.3 cm³/mol. The summed E-state index contributed by atoms with van der Waals surface area (Å²) in [7, 11) is 0. The van der Waals surface area contributed by atoms with Crippen LogP contribution in [0.25, 0.3) is 6.08 Å². The van der Waals surface area contributed by atoms with Gasteiger partial charge in [0, 0.05) is 5.56 Å². The van der Waals surface area contributed by atoms with Crippen LogP contribution in [0.3, 0.4) is 0 Å². The molecule has 0 amide bonds. The van der Waals surface area contributed by atoms with Crippen molar-refractivity contribution in [1.29, 1.82) is 0 Å². The summed E-state index contributed by atoms with van der Waals surface area (Å²) in [4.78, 5) is 10.6. The molecule has 0 aromatic carbocycles. The van der Waals surface area contributed by atoms with Gasteiger partial charge in [0.05, 0.1) is 5.69 Å². The van der Waals surface area contributed by atoms with Crippen LogP contribution in [-0.4, -0.2) is 11.4 Å². The van der Waals surface area contributed by atoms with E-state index in [1.165, 1.54) is 0 Å². The first-order valence-corrected chi connectivity index (χ1v) is 4.27. The average molecular weight is 179 g/mol. The molecule has 0 unspecified atom stereocenters. The van der Waals surface area contributed by atoms with E-state index in [2.05, 4.69) is 5.16 Å². The maximum atomic E-state index is 10.6. The van der Waals surface area contributed by atoms with Crippen molar-refractivity contribution in [3.8, 4) is 0 Å². The standard InChI is InChI=1S/C10H13NO2/c1-4-9(6-12)5-10-7(2)11-13-8(10)3/h5-6H,4H2,1-3H3. The largest absolute Gasteiger partial charge is 0.361 e. The van der Waals surface area contributed by atoms with Crippen LogP contribution >= 0.6 is 0 Å². The number of hydrogen-bond acceptors (Lipinski definition) is 3. The minimum atomic E-state index is 0.730. The third-order valence-corrected chi connectivity index (χ3v) is 1.98. The monoisotopic (exact) mass is 179 g/mol. The lowest BCUT2D eigenvalue weighted by Crippen LogP contribution is -1.84. The zero-order chi connectivity index (χ0) is 9.84. The molecule has 0 bridgehead atoms. The summed E-state index contributed by atoms with van der Waals surface area (Å²) in [6, 6.07) is 0. The number of rotatable bonds is 3. The van der Waals surface area contributed by atoms with Gasteiger partial charge in [-0.15, -0.1) is 0 Å². The Bertz CT molecular complexity index is 317. The highest BCUT2D eigenvalue weighted by molar-refractivity contribution is 5.82. The second-order valence-corrected chi connectivity index (χ2v) is 2.93. The first-order valence-electron chi connectivity index (χ1n) is 4.27. The van der Waals surface area contributed by atoms with E-state index < -0.39 is 0 Å². The molecule has 0 aliphatic carbocycles. The maximum Gasteiger partial charge on any atom is 0.146 e. The predicted octanol–water partition coefficient (Wildman–Crippen LogP) is 2.28. The van der Waals surface area contributed by atoms with Gasteiger partial charge in [-0.05, 0) is 31.9 Å². The number of carbonyl (C=O) groups is 1. The normalized spacial score (nSPS) is 11.8. The van der Waals surface area contributed by atoms with Gasteiger partial charge in [-0.3, -0.25) is 4.79 Å². The molecule has 1 aromatic rings. The minimum absolute atomic E-state index is 0.730. The second kappa shape index (κ2) is 4.03. The first kappa shape index (κ1) is 9.71. The zero-order valence-corrected chi connectivity index (χ0v) is 8.13. The summed E-state index contributed by atoms with van der Waals surface area (Å²) in [5.41, 5.74) is 2.50. The molecule has 0 saturated heterocycles. The Kier molecular flexibility index (Phi) is 3.01. The molecule has 70 valence electrons. The Morgan fingerprint density at radius 2 is 2.23 bits per heavy atom. The summed E-state index contributed by atoms with van der Waals surface area (Å²) >= 11 is 0. The van der Waals surface area contributed by atoms with Crippen LogP contribution in [0.1, 0.15) is 30.4 Å². The smallest absolute Gasteiger partial charge is 0.146 e. The molecule has 0 N–H and O–H groups in total. The van der Waals surface area contributed by atoms with E-state index in [1.54, 1.807) is 0 Å². The van der Waals surface area contributed by atoms with Crippen molar-refractivity contribution < 1.29 is 9.32 Å². The molecular formula is C10H13NO2. The fraction of sp³-hybridized carbons (Fsp3) is 0.400. The third kappa shape index (κ3) is 2.05. The van der Waals surface area contributed by atoms with Crippen molar-refractivity contribution in [2.75, 3.05) is 0 Å². The van der Waals surface area contributed by atoms with E-state index in [0.717, 1.165) is 35.3 Å². The van der Waals surface area contributed by atoms with E-state index in [-0.39, 0.29) is 0 Å². The lowest BCUT2D eigenvalue weighted by Gasteiger charge is -1.93. The molecule has 0 aliphatic rings. The van der Waals surface area contributed by atoms with Gasteiger partial charge in [0.2, 0.25) is 0 Å². The molecule has 0 atom stereocenters. The number of nitrogens with zero attached hydrogens (tertiary/aromatic N) is 1. The molecule has 1 rings (SSSR count). The number of aldehydes is 1. The van der Waals surface area contributed by atoms with Gasteiger partial charge < -0.3 is 4.52 Å². The van der Waals surface area contributed by atoms with Gasteiger partial charge in [-0.2, -0.15) is 0 Å². The SMILES string of the molecule is CCC(C=O)=Cc1c(C)noc1C. The van der Waals surface area contributed by atoms with E-state index in [9.17, 15) is 4.79 Å². The average Bonchev–Trinajstić information content (AvgIpc) is 2.44. The van der Waals surface area contributed by atoms with Crippen molar-refractivity contribution >= 4 is 12.4 Å². The molecule has 13 heavy (non-hydrogen) atoms. The van der Waals surface area contributed by atoms with E-state index in [0.29, 0.717) is 0 Å². The highest BCUT2D eigenvalue weighted by Crippen LogP contribution is 2.16. The van der Waals surface area contributed by atoms with Crippen molar-refractivity contribution in [1.82, 2.24) is 5.16 Å².